The lowest BCUT2D eigenvalue weighted by Crippen LogP contribution is -2.15. The fraction of sp³-hybridized carbons (Fsp3) is 0.111. The highest BCUT2D eigenvalue weighted by Crippen LogP contribution is 2.06. The molecule has 2 rings (SSSR count). The van der Waals surface area contributed by atoms with E-state index in [0.29, 0.717) is 17.1 Å². The van der Waals surface area contributed by atoms with Crippen LogP contribution in [0, 0.1) is 6.92 Å². The van der Waals surface area contributed by atoms with Gasteiger partial charge in [-0.25, -0.2) is 4.98 Å². The van der Waals surface area contributed by atoms with E-state index < -0.39 is 0 Å². The number of hydrogen-bond acceptors (Lipinski definition) is 4. The van der Waals surface area contributed by atoms with E-state index in [1.54, 1.807) is 19.3 Å². The SMILES string of the molecule is Cc1nccnc1C(=O)Nc1cn[nH]c1. The van der Waals surface area contributed by atoms with Crippen molar-refractivity contribution >= 4 is 11.6 Å². The number of carbonyl (C=O) groups excluding carboxylic acids is 1. The highest BCUT2D eigenvalue weighted by molar-refractivity contribution is 6.03. The standard InChI is InChI=1S/C9H9N5O/c1-6-8(11-3-2-10-6)9(15)14-7-4-12-13-5-7/h2-5H,1H3,(H,12,13)(H,14,15). The normalized spacial score (nSPS) is 9.93. The Balaban J connectivity index is 2.19. The minimum absolute atomic E-state index is 0.290. The van der Waals surface area contributed by atoms with Gasteiger partial charge in [-0.1, -0.05) is 0 Å². The van der Waals surface area contributed by atoms with Crippen LogP contribution < -0.4 is 5.32 Å². The molecule has 0 atom stereocenters. The lowest BCUT2D eigenvalue weighted by Gasteiger charge is -2.02. The Kier molecular flexibility index (Phi) is 2.40. The van der Waals surface area contributed by atoms with Crippen molar-refractivity contribution < 1.29 is 4.79 Å². The molecule has 15 heavy (non-hydrogen) atoms. The van der Waals surface area contributed by atoms with Crippen molar-refractivity contribution in [3.05, 3.63) is 36.2 Å². The van der Waals surface area contributed by atoms with Crippen molar-refractivity contribution in [3.8, 4) is 0 Å². The highest BCUT2D eigenvalue weighted by atomic mass is 16.1. The van der Waals surface area contributed by atoms with Gasteiger partial charge in [0, 0.05) is 18.6 Å². The van der Waals surface area contributed by atoms with E-state index in [0.717, 1.165) is 0 Å². The summed E-state index contributed by atoms with van der Waals surface area (Å²) in [5.41, 5.74) is 1.52. The predicted molar refractivity (Wildman–Crippen MR) is 53.3 cm³/mol. The van der Waals surface area contributed by atoms with Gasteiger partial charge in [0.05, 0.1) is 17.6 Å². The van der Waals surface area contributed by atoms with Crippen LogP contribution in [0.2, 0.25) is 0 Å². The summed E-state index contributed by atoms with van der Waals surface area (Å²) in [7, 11) is 0. The van der Waals surface area contributed by atoms with Gasteiger partial charge in [-0.05, 0) is 6.92 Å². The summed E-state index contributed by atoms with van der Waals surface area (Å²) in [6.07, 6.45) is 6.13. The zero-order valence-electron chi connectivity index (χ0n) is 8.06. The minimum atomic E-state index is -0.290. The van der Waals surface area contributed by atoms with Gasteiger partial charge in [0.2, 0.25) is 0 Å². The summed E-state index contributed by atoms with van der Waals surface area (Å²) in [5, 5.41) is 8.96. The molecule has 0 spiro atoms. The first-order valence-electron chi connectivity index (χ1n) is 4.35. The molecule has 2 aromatic heterocycles. The van der Waals surface area contributed by atoms with Gasteiger partial charge in [0.1, 0.15) is 5.69 Å². The maximum Gasteiger partial charge on any atom is 0.276 e. The summed E-state index contributed by atoms with van der Waals surface area (Å²) in [6.45, 7) is 1.73. The van der Waals surface area contributed by atoms with E-state index in [-0.39, 0.29) is 5.91 Å². The Morgan fingerprint density at radius 1 is 1.40 bits per heavy atom. The van der Waals surface area contributed by atoms with Crippen LogP contribution in [0.5, 0.6) is 0 Å². The Morgan fingerprint density at radius 3 is 2.87 bits per heavy atom. The summed E-state index contributed by atoms with van der Waals surface area (Å²) >= 11 is 0. The van der Waals surface area contributed by atoms with E-state index in [2.05, 4.69) is 25.5 Å². The molecule has 0 saturated heterocycles. The van der Waals surface area contributed by atoms with Crippen LogP contribution in [0.1, 0.15) is 16.2 Å². The van der Waals surface area contributed by atoms with E-state index in [1.807, 2.05) is 0 Å². The number of amides is 1. The molecule has 0 aliphatic carbocycles. The van der Waals surface area contributed by atoms with Crippen LogP contribution >= 0.6 is 0 Å². The molecule has 0 bridgehead atoms. The second-order valence-electron chi connectivity index (χ2n) is 2.93. The van der Waals surface area contributed by atoms with Gasteiger partial charge in [0.25, 0.3) is 5.91 Å². The molecular weight excluding hydrogens is 194 g/mol. The van der Waals surface area contributed by atoms with Crippen molar-refractivity contribution in [1.82, 2.24) is 20.2 Å². The largest absolute Gasteiger partial charge is 0.318 e. The number of carbonyl (C=O) groups is 1. The van der Waals surface area contributed by atoms with E-state index in [4.69, 9.17) is 0 Å². The molecule has 0 radical (unpaired) electrons. The zero-order chi connectivity index (χ0) is 10.7. The molecule has 6 nitrogen and oxygen atoms in total. The third kappa shape index (κ3) is 1.98. The number of rotatable bonds is 2. The molecule has 0 saturated carbocycles. The smallest absolute Gasteiger partial charge is 0.276 e. The number of aromatic amines is 1. The Morgan fingerprint density at radius 2 is 2.20 bits per heavy atom. The van der Waals surface area contributed by atoms with Gasteiger partial charge in [-0.15, -0.1) is 0 Å². The molecule has 0 aromatic carbocycles. The number of anilines is 1. The Bertz CT molecular complexity index is 465. The van der Waals surface area contributed by atoms with Crippen LogP contribution in [0.25, 0.3) is 0 Å². The fourth-order valence-electron chi connectivity index (χ4n) is 1.14. The molecule has 76 valence electrons. The van der Waals surface area contributed by atoms with E-state index in [1.165, 1.54) is 12.4 Å². The summed E-state index contributed by atoms with van der Waals surface area (Å²) in [6, 6.07) is 0. The number of H-pyrrole nitrogens is 1. The lowest BCUT2D eigenvalue weighted by molar-refractivity contribution is 0.102. The molecule has 0 aliphatic heterocycles. The maximum absolute atomic E-state index is 11.7. The zero-order valence-corrected chi connectivity index (χ0v) is 8.06. The first-order valence-corrected chi connectivity index (χ1v) is 4.35. The van der Waals surface area contributed by atoms with Crippen LogP contribution in [-0.4, -0.2) is 26.1 Å². The predicted octanol–water partition coefficient (Wildman–Crippen LogP) is 0.760. The van der Waals surface area contributed by atoms with Gasteiger partial charge >= 0.3 is 0 Å². The monoisotopic (exact) mass is 203 g/mol. The Labute approximate surface area is 85.8 Å². The second kappa shape index (κ2) is 3.87. The van der Waals surface area contributed by atoms with Crippen LogP contribution in [-0.2, 0) is 0 Å². The van der Waals surface area contributed by atoms with Crippen molar-refractivity contribution in [2.75, 3.05) is 5.32 Å². The van der Waals surface area contributed by atoms with Crippen LogP contribution in [0.4, 0.5) is 5.69 Å². The van der Waals surface area contributed by atoms with Crippen molar-refractivity contribution in [1.29, 1.82) is 0 Å². The van der Waals surface area contributed by atoms with Crippen LogP contribution in [0.15, 0.2) is 24.8 Å². The molecule has 0 unspecified atom stereocenters. The second-order valence-corrected chi connectivity index (χ2v) is 2.93. The summed E-state index contributed by atoms with van der Waals surface area (Å²) in [5.74, 6) is -0.290. The van der Waals surface area contributed by atoms with E-state index in [9.17, 15) is 4.79 Å². The fourth-order valence-corrected chi connectivity index (χ4v) is 1.14. The lowest BCUT2D eigenvalue weighted by atomic mass is 10.3. The minimum Gasteiger partial charge on any atom is -0.318 e. The summed E-state index contributed by atoms with van der Waals surface area (Å²) < 4.78 is 0. The highest BCUT2D eigenvalue weighted by Gasteiger charge is 2.11. The molecule has 2 aromatic rings. The molecule has 0 aliphatic rings. The van der Waals surface area contributed by atoms with Gasteiger partial charge in [0.15, 0.2) is 0 Å². The molecule has 2 heterocycles. The third-order valence-electron chi connectivity index (χ3n) is 1.85. The number of aromatic nitrogens is 4. The molecule has 2 N–H and O–H groups in total. The number of nitrogens with one attached hydrogen (secondary N) is 2. The average Bonchev–Trinajstić information content (AvgIpc) is 2.71. The van der Waals surface area contributed by atoms with Gasteiger partial charge in [-0.3, -0.25) is 14.9 Å². The molecule has 0 fully saturated rings. The van der Waals surface area contributed by atoms with Gasteiger partial charge < -0.3 is 5.32 Å². The molecule has 6 heteroatoms. The van der Waals surface area contributed by atoms with Crippen LogP contribution in [0.3, 0.4) is 0 Å². The van der Waals surface area contributed by atoms with Crippen molar-refractivity contribution in [2.45, 2.75) is 6.92 Å². The first-order chi connectivity index (χ1) is 7.27. The van der Waals surface area contributed by atoms with Crippen molar-refractivity contribution in [3.63, 3.8) is 0 Å². The number of nitrogens with zero attached hydrogens (tertiary/aromatic N) is 3. The first kappa shape index (κ1) is 9.32. The topological polar surface area (TPSA) is 83.6 Å². The Hall–Kier alpha value is -2.24. The number of aryl methyl sites for hydroxylation is 1. The average molecular weight is 203 g/mol. The third-order valence-corrected chi connectivity index (χ3v) is 1.85. The molecule has 1 amide bonds. The van der Waals surface area contributed by atoms with Gasteiger partial charge in [-0.2, -0.15) is 5.10 Å². The number of hydrogen-bond donors (Lipinski definition) is 2. The maximum atomic E-state index is 11.7. The summed E-state index contributed by atoms with van der Waals surface area (Å²) in [4.78, 5) is 19.6. The molecular formula is C9H9N5O. The quantitative estimate of drug-likeness (QED) is 0.754. The van der Waals surface area contributed by atoms with Crippen molar-refractivity contribution in [2.24, 2.45) is 0 Å². The van der Waals surface area contributed by atoms with E-state index >= 15 is 0 Å².